The average molecular weight is 226 g/mol. The lowest BCUT2D eigenvalue weighted by atomic mass is 9.79. The number of rotatable bonds is 2. The first-order valence-corrected chi connectivity index (χ1v) is 6.17. The summed E-state index contributed by atoms with van der Waals surface area (Å²) in [7, 11) is 1.46. The van der Waals surface area contributed by atoms with Crippen molar-refractivity contribution in [3.05, 3.63) is 0 Å². The largest absolute Gasteiger partial charge is 0.469 e. The van der Waals surface area contributed by atoms with Crippen molar-refractivity contribution in [2.75, 3.05) is 20.2 Å². The van der Waals surface area contributed by atoms with Gasteiger partial charge in [-0.1, -0.05) is 6.92 Å². The van der Waals surface area contributed by atoms with E-state index in [1.807, 2.05) is 0 Å². The minimum absolute atomic E-state index is 0.0235. The topological polar surface area (TPSA) is 55.6 Å². The summed E-state index contributed by atoms with van der Waals surface area (Å²) in [6.45, 7) is 4.04. The van der Waals surface area contributed by atoms with E-state index in [-0.39, 0.29) is 17.9 Å². The van der Waals surface area contributed by atoms with E-state index in [9.17, 15) is 4.79 Å². The molecule has 2 aliphatic rings. The molecule has 1 saturated carbocycles. The fourth-order valence-electron chi connectivity index (χ4n) is 2.97. The molecule has 0 radical (unpaired) electrons. The van der Waals surface area contributed by atoms with Crippen LogP contribution in [0.1, 0.15) is 26.2 Å². The monoisotopic (exact) mass is 226 g/mol. The van der Waals surface area contributed by atoms with Gasteiger partial charge in [0.25, 0.3) is 0 Å². The van der Waals surface area contributed by atoms with Gasteiger partial charge in [0.1, 0.15) is 0 Å². The van der Waals surface area contributed by atoms with Crippen LogP contribution in [0.15, 0.2) is 0 Å². The van der Waals surface area contributed by atoms with Crippen LogP contribution in [0.2, 0.25) is 0 Å². The molecule has 2 unspecified atom stereocenters. The van der Waals surface area contributed by atoms with Crippen LogP contribution in [0.25, 0.3) is 0 Å². The first kappa shape index (κ1) is 11.9. The molecular weight excluding hydrogens is 204 g/mol. The van der Waals surface area contributed by atoms with E-state index >= 15 is 0 Å². The number of nitrogens with zero attached hydrogens (tertiary/aromatic N) is 1. The van der Waals surface area contributed by atoms with Crippen LogP contribution < -0.4 is 5.73 Å². The van der Waals surface area contributed by atoms with Crippen LogP contribution in [-0.4, -0.2) is 43.2 Å². The fraction of sp³-hybridized carbons (Fsp3) is 0.917. The highest BCUT2D eigenvalue weighted by Crippen LogP contribution is 2.33. The molecule has 1 heterocycles. The molecule has 0 aromatic heterocycles. The number of methoxy groups -OCH3 is 1. The molecule has 16 heavy (non-hydrogen) atoms. The molecule has 0 aromatic rings. The first-order chi connectivity index (χ1) is 7.60. The maximum absolute atomic E-state index is 11.5. The molecule has 4 heteroatoms. The molecule has 0 amide bonds. The minimum Gasteiger partial charge on any atom is -0.469 e. The Bertz CT molecular complexity index is 264. The zero-order valence-corrected chi connectivity index (χ0v) is 10.2. The number of esters is 1. The molecule has 0 spiro atoms. The second-order valence-corrected chi connectivity index (χ2v) is 5.40. The van der Waals surface area contributed by atoms with Gasteiger partial charge >= 0.3 is 5.97 Å². The van der Waals surface area contributed by atoms with Gasteiger partial charge < -0.3 is 10.5 Å². The van der Waals surface area contributed by atoms with E-state index in [0.29, 0.717) is 6.04 Å². The molecule has 1 aliphatic heterocycles. The van der Waals surface area contributed by atoms with E-state index in [1.165, 1.54) is 20.0 Å². The summed E-state index contributed by atoms with van der Waals surface area (Å²) in [4.78, 5) is 13.9. The average Bonchev–Trinajstić information content (AvgIpc) is 2.22. The Balaban J connectivity index is 1.92. The third-order valence-corrected chi connectivity index (χ3v) is 3.91. The van der Waals surface area contributed by atoms with Crippen LogP contribution >= 0.6 is 0 Å². The Morgan fingerprint density at radius 3 is 2.56 bits per heavy atom. The van der Waals surface area contributed by atoms with Gasteiger partial charge in [-0.25, -0.2) is 0 Å². The van der Waals surface area contributed by atoms with Crippen molar-refractivity contribution in [2.45, 2.75) is 38.3 Å². The summed E-state index contributed by atoms with van der Waals surface area (Å²) in [6.07, 6.45) is 3.27. The zero-order valence-electron chi connectivity index (χ0n) is 10.2. The third-order valence-electron chi connectivity index (χ3n) is 3.91. The third kappa shape index (κ3) is 2.38. The van der Waals surface area contributed by atoms with Gasteiger partial charge in [0.15, 0.2) is 0 Å². The number of nitrogens with two attached hydrogens (primary N) is 1. The Kier molecular flexibility index (Phi) is 3.50. The Morgan fingerprint density at radius 1 is 1.31 bits per heavy atom. The summed E-state index contributed by atoms with van der Waals surface area (Å²) >= 11 is 0. The number of hydrogen-bond acceptors (Lipinski definition) is 4. The van der Waals surface area contributed by atoms with E-state index < -0.39 is 0 Å². The zero-order chi connectivity index (χ0) is 11.7. The molecule has 0 aromatic carbocycles. The Hall–Kier alpha value is -0.610. The van der Waals surface area contributed by atoms with E-state index in [2.05, 4.69) is 11.8 Å². The lowest BCUT2D eigenvalue weighted by Gasteiger charge is -2.46. The number of ether oxygens (including phenoxy) is 1. The smallest absolute Gasteiger partial charge is 0.310 e. The van der Waals surface area contributed by atoms with Gasteiger partial charge in [-0.15, -0.1) is 0 Å². The van der Waals surface area contributed by atoms with Crippen molar-refractivity contribution in [1.29, 1.82) is 0 Å². The number of carbonyl (C=O) groups excluding carboxylic acids is 1. The van der Waals surface area contributed by atoms with E-state index in [0.717, 1.165) is 25.4 Å². The van der Waals surface area contributed by atoms with Crippen molar-refractivity contribution in [3.63, 3.8) is 0 Å². The van der Waals surface area contributed by atoms with Gasteiger partial charge in [0.2, 0.25) is 0 Å². The van der Waals surface area contributed by atoms with Crippen molar-refractivity contribution in [1.82, 2.24) is 4.90 Å². The standard InChI is InChI=1S/C12H22N2O2/c1-8-3-11(4-8)14-6-9(12(15)16-2)5-10(13)7-14/h8-11H,3-7,13H2,1-2H3. The van der Waals surface area contributed by atoms with Crippen molar-refractivity contribution in [3.8, 4) is 0 Å². The fourth-order valence-corrected chi connectivity index (χ4v) is 2.97. The SMILES string of the molecule is COC(=O)C1CC(N)CN(C2CC(C)C2)C1. The van der Waals surface area contributed by atoms with Crippen molar-refractivity contribution < 1.29 is 9.53 Å². The highest BCUT2D eigenvalue weighted by molar-refractivity contribution is 5.72. The van der Waals surface area contributed by atoms with Crippen molar-refractivity contribution in [2.24, 2.45) is 17.6 Å². The van der Waals surface area contributed by atoms with Crippen molar-refractivity contribution >= 4 is 5.97 Å². The second-order valence-electron chi connectivity index (χ2n) is 5.40. The molecule has 92 valence electrons. The van der Waals surface area contributed by atoms with Crippen LogP contribution in [0.5, 0.6) is 0 Å². The molecule has 2 fully saturated rings. The van der Waals surface area contributed by atoms with Gasteiger partial charge in [0.05, 0.1) is 13.0 Å². The minimum atomic E-state index is -0.104. The molecular formula is C12H22N2O2. The van der Waals surface area contributed by atoms with Crippen LogP contribution in [-0.2, 0) is 9.53 Å². The molecule has 1 saturated heterocycles. The highest BCUT2D eigenvalue weighted by Gasteiger charge is 2.37. The molecule has 2 rings (SSSR count). The first-order valence-electron chi connectivity index (χ1n) is 6.17. The number of piperidine rings is 1. The summed E-state index contributed by atoms with van der Waals surface area (Å²) < 4.78 is 4.82. The molecule has 0 bridgehead atoms. The van der Waals surface area contributed by atoms with Crippen LogP contribution in [0.4, 0.5) is 0 Å². The van der Waals surface area contributed by atoms with Crippen LogP contribution in [0, 0.1) is 11.8 Å². The number of likely N-dealkylation sites (tertiary alicyclic amines) is 1. The maximum atomic E-state index is 11.5. The van der Waals surface area contributed by atoms with Gasteiger partial charge in [-0.2, -0.15) is 0 Å². The lowest BCUT2D eigenvalue weighted by molar-refractivity contribution is -0.148. The van der Waals surface area contributed by atoms with Gasteiger partial charge in [-0.05, 0) is 25.2 Å². The summed E-state index contributed by atoms with van der Waals surface area (Å²) in [5.41, 5.74) is 6.01. The quantitative estimate of drug-likeness (QED) is 0.701. The summed E-state index contributed by atoms with van der Waals surface area (Å²) in [5.74, 6) is 0.705. The normalized spacial score (nSPS) is 40.2. The summed E-state index contributed by atoms with van der Waals surface area (Å²) in [6, 6.07) is 0.766. The van der Waals surface area contributed by atoms with Gasteiger partial charge in [0, 0.05) is 25.2 Å². The molecule has 4 nitrogen and oxygen atoms in total. The molecule has 2 atom stereocenters. The Labute approximate surface area is 97.1 Å². The predicted octanol–water partition coefficient (Wildman–Crippen LogP) is 0.607. The lowest BCUT2D eigenvalue weighted by Crippen LogP contribution is -2.55. The number of hydrogen-bond donors (Lipinski definition) is 1. The number of carbonyl (C=O) groups is 1. The molecule has 2 N–H and O–H groups in total. The van der Waals surface area contributed by atoms with E-state index in [4.69, 9.17) is 10.5 Å². The maximum Gasteiger partial charge on any atom is 0.310 e. The predicted molar refractivity (Wildman–Crippen MR) is 61.9 cm³/mol. The molecule has 1 aliphatic carbocycles. The second kappa shape index (κ2) is 4.72. The van der Waals surface area contributed by atoms with E-state index in [1.54, 1.807) is 0 Å². The summed E-state index contributed by atoms with van der Waals surface area (Å²) in [5, 5.41) is 0. The van der Waals surface area contributed by atoms with Gasteiger partial charge in [-0.3, -0.25) is 9.69 Å². The highest BCUT2D eigenvalue weighted by atomic mass is 16.5. The van der Waals surface area contributed by atoms with Crippen LogP contribution in [0.3, 0.4) is 0 Å². The Morgan fingerprint density at radius 2 is 2.00 bits per heavy atom.